The molecule has 0 saturated carbocycles. The molecule has 2 aromatic carbocycles. The summed E-state index contributed by atoms with van der Waals surface area (Å²) in [5.41, 5.74) is 3.57. The first-order valence-electron chi connectivity index (χ1n) is 11.7. The summed E-state index contributed by atoms with van der Waals surface area (Å²) in [6.45, 7) is 11.0. The van der Waals surface area contributed by atoms with E-state index in [0.717, 1.165) is 30.6 Å². The summed E-state index contributed by atoms with van der Waals surface area (Å²) >= 11 is 0. The Morgan fingerprint density at radius 1 is 0.844 bits per heavy atom. The van der Waals surface area contributed by atoms with Crippen molar-refractivity contribution >= 4 is 0 Å². The second-order valence-electron chi connectivity index (χ2n) is 8.82. The first kappa shape index (κ1) is 26.2. The Kier molecular flexibility index (Phi) is 10.0. The summed E-state index contributed by atoms with van der Waals surface area (Å²) in [7, 11) is 0. The number of aliphatic hydroxyl groups excluding tert-OH is 3. The molecule has 0 aliphatic carbocycles. The number of rotatable bonds is 13. The van der Waals surface area contributed by atoms with Crippen LogP contribution in [0, 0.1) is 5.92 Å². The van der Waals surface area contributed by atoms with Gasteiger partial charge in [-0.1, -0.05) is 52.8 Å². The predicted molar refractivity (Wildman–Crippen MR) is 128 cm³/mol. The van der Waals surface area contributed by atoms with Gasteiger partial charge >= 0.3 is 0 Å². The van der Waals surface area contributed by atoms with Crippen LogP contribution in [-0.4, -0.2) is 34.6 Å². The van der Waals surface area contributed by atoms with Crippen molar-refractivity contribution in [2.45, 2.75) is 78.6 Å². The van der Waals surface area contributed by atoms with Crippen LogP contribution in [0.1, 0.15) is 69.7 Å². The minimum Gasteiger partial charge on any atom is -0.493 e. The van der Waals surface area contributed by atoms with Crippen molar-refractivity contribution in [2.75, 3.05) is 13.2 Å². The summed E-state index contributed by atoms with van der Waals surface area (Å²) in [5, 5.41) is 29.1. The first-order chi connectivity index (χ1) is 15.3. The van der Waals surface area contributed by atoms with Crippen molar-refractivity contribution in [3.05, 3.63) is 58.7 Å². The Bertz CT molecular complexity index is 842. The molecule has 2 rings (SSSR count). The molecule has 1 atom stereocenters. The lowest BCUT2D eigenvalue weighted by molar-refractivity contribution is 0.0697. The van der Waals surface area contributed by atoms with E-state index in [1.165, 1.54) is 5.56 Å². The van der Waals surface area contributed by atoms with Crippen molar-refractivity contribution in [1.29, 1.82) is 0 Å². The standard InChI is InChI=1S/C27H40O5/c1-6-20-13-23(10-12-26(20)31-17-25(30)19(4)5)27(7-2,8-3)18-32-24-11-9-21(15-28)22(14-24)16-29/h9-14,19,25,28-30H,6-8,15-18H2,1-5H3. The average Bonchev–Trinajstić information content (AvgIpc) is 2.83. The average molecular weight is 445 g/mol. The third-order valence-electron chi connectivity index (χ3n) is 6.62. The molecule has 0 aliphatic rings. The maximum Gasteiger partial charge on any atom is 0.122 e. The molecule has 2 aromatic rings. The van der Waals surface area contributed by atoms with Crippen LogP contribution in [0.4, 0.5) is 0 Å². The number of ether oxygens (including phenoxy) is 2. The zero-order valence-corrected chi connectivity index (χ0v) is 20.2. The lowest BCUT2D eigenvalue weighted by atomic mass is 9.76. The Morgan fingerprint density at radius 2 is 1.53 bits per heavy atom. The Morgan fingerprint density at radius 3 is 2.09 bits per heavy atom. The molecule has 0 amide bonds. The highest BCUT2D eigenvalue weighted by Gasteiger charge is 2.30. The van der Waals surface area contributed by atoms with Crippen LogP contribution in [0.3, 0.4) is 0 Å². The second-order valence-corrected chi connectivity index (χ2v) is 8.82. The number of hydrogen-bond acceptors (Lipinski definition) is 5. The minimum absolute atomic E-state index is 0.105. The van der Waals surface area contributed by atoms with E-state index >= 15 is 0 Å². The molecule has 5 heteroatoms. The third kappa shape index (κ3) is 6.25. The molecule has 32 heavy (non-hydrogen) atoms. The second kappa shape index (κ2) is 12.2. The fourth-order valence-electron chi connectivity index (χ4n) is 3.85. The monoisotopic (exact) mass is 444 g/mol. The summed E-state index contributed by atoms with van der Waals surface area (Å²) in [4.78, 5) is 0. The molecule has 0 saturated heterocycles. The van der Waals surface area contributed by atoms with Gasteiger partial charge in [0, 0.05) is 5.41 Å². The molecule has 0 aliphatic heterocycles. The SMILES string of the molecule is CCc1cc(C(CC)(CC)COc2ccc(CO)c(CO)c2)ccc1OCC(O)C(C)C. The summed E-state index contributed by atoms with van der Waals surface area (Å²) in [6.07, 6.45) is 2.19. The summed E-state index contributed by atoms with van der Waals surface area (Å²) < 4.78 is 12.1. The fraction of sp³-hybridized carbons (Fsp3) is 0.556. The van der Waals surface area contributed by atoms with E-state index in [4.69, 9.17) is 9.47 Å². The number of aryl methyl sites for hydroxylation is 1. The van der Waals surface area contributed by atoms with Crippen LogP contribution in [0.15, 0.2) is 36.4 Å². The molecule has 1 unspecified atom stereocenters. The van der Waals surface area contributed by atoms with Crippen molar-refractivity contribution in [3.63, 3.8) is 0 Å². The molecule has 0 bridgehead atoms. The lowest BCUT2D eigenvalue weighted by Gasteiger charge is -2.33. The van der Waals surface area contributed by atoms with Crippen molar-refractivity contribution in [3.8, 4) is 11.5 Å². The maximum absolute atomic E-state index is 10.1. The smallest absolute Gasteiger partial charge is 0.122 e. The van der Waals surface area contributed by atoms with Gasteiger partial charge in [0.25, 0.3) is 0 Å². The Labute approximate surface area is 193 Å². The Balaban J connectivity index is 2.24. The van der Waals surface area contributed by atoms with Gasteiger partial charge in [-0.3, -0.25) is 0 Å². The van der Waals surface area contributed by atoms with Gasteiger partial charge in [-0.05, 0) is 65.6 Å². The zero-order valence-electron chi connectivity index (χ0n) is 20.2. The molecule has 0 spiro atoms. The highest BCUT2D eigenvalue weighted by molar-refractivity contribution is 5.41. The number of benzene rings is 2. The van der Waals surface area contributed by atoms with E-state index < -0.39 is 6.10 Å². The molecule has 5 nitrogen and oxygen atoms in total. The van der Waals surface area contributed by atoms with Crippen molar-refractivity contribution in [1.82, 2.24) is 0 Å². The summed E-state index contributed by atoms with van der Waals surface area (Å²) in [5.74, 6) is 1.67. The topological polar surface area (TPSA) is 79.2 Å². The third-order valence-corrected chi connectivity index (χ3v) is 6.62. The van der Waals surface area contributed by atoms with Gasteiger partial charge in [0.1, 0.15) is 18.1 Å². The van der Waals surface area contributed by atoms with Crippen LogP contribution in [0.5, 0.6) is 11.5 Å². The normalized spacial score (nSPS) is 12.8. The molecular weight excluding hydrogens is 404 g/mol. The van der Waals surface area contributed by atoms with Gasteiger partial charge < -0.3 is 24.8 Å². The highest BCUT2D eigenvalue weighted by Crippen LogP contribution is 2.36. The molecule has 178 valence electrons. The van der Waals surface area contributed by atoms with Crippen LogP contribution in [-0.2, 0) is 25.0 Å². The quantitative estimate of drug-likeness (QED) is 0.415. The van der Waals surface area contributed by atoms with Crippen molar-refractivity contribution in [2.24, 2.45) is 5.92 Å². The van der Waals surface area contributed by atoms with Crippen LogP contribution in [0.2, 0.25) is 0 Å². The summed E-state index contributed by atoms with van der Waals surface area (Å²) in [6, 6.07) is 11.8. The van der Waals surface area contributed by atoms with E-state index in [0.29, 0.717) is 23.5 Å². The van der Waals surface area contributed by atoms with Gasteiger partial charge in [0.05, 0.1) is 25.9 Å². The Hall–Kier alpha value is -2.08. The van der Waals surface area contributed by atoms with E-state index in [9.17, 15) is 15.3 Å². The van der Waals surface area contributed by atoms with Gasteiger partial charge in [-0.25, -0.2) is 0 Å². The predicted octanol–water partition coefficient (Wildman–Crippen LogP) is 4.77. The van der Waals surface area contributed by atoms with E-state index in [-0.39, 0.29) is 31.2 Å². The molecule has 0 heterocycles. The molecule has 0 fully saturated rings. The van der Waals surface area contributed by atoms with E-state index in [2.05, 4.69) is 32.9 Å². The highest BCUT2D eigenvalue weighted by atomic mass is 16.5. The van der Waals surface area contributed by atoms with Gasteiger partial charge in [-0.2, -0.15) is 0 Å². The number of hydrogen-bond donors (Lipinski definition) is 3. The zero-order chi connectivity index (χ0) is 23.7. The van der Waals surface area contributed by atoms with Crippen LogP contribution >= 0.6 is 0 Å². The largest absolute Gasteiger partial charge is 0.493 e. The van der Waals surface area contributed by atoms with Crippen LogP contribution in [0.25, 0.3) is 0 Å². The number of aliphatic hydroxyl groups is 3. The van der Waals surface area contributed by atoms with Crippen LogP contribution < -0.4 is 9.47 Å². The lowest BCUT2D eigenvalue weighted by Crippen LogP contribution is -2.32. The molecular formula is C27H40O5. The van der Waals surface area contributed by atoms with Gasteiger partial charge in [0.2, 0.25) is 0 Å². The van der Waals surface area contributed by atoms with Gasteiger partial charge in [0.15, 0.2) is 0 Å². The fourth-order valence-corrected chi connectivity index (χ4v) is 3.85. The van der Waals surface area contributed by atoms with E-state index in [1.54, 1.807) is 12.1 Å². The first-order valence-corrected chi connectivity index (χ1v) is 11.7. The molecule has 0 radical (unpaired) electrons. The van der Waals surface area contributed by atoms with Crippen molar-refractivity contribution < 1.29 is 24.8 Å². The maximum atomic E-state index is 10.1. The minimum atomic E-state index is -0.487. The van der Waals surface area contributed by atoms with Gasteiger partial charge in [-0.15, -0.1) is 0 Å². The van der Waals surface area contributed by atoms with E-state index in [1.807, 2.05) is 26.0 Å². The molecule has 0 aromatic heterocycles. The molecule has 3 N–H and O–H groups in total.